The minimum absolute atomic E-state index is 0.0347. The summed E-state index contributed by atoms with van der Waals surface area (Å²) in [6.07, 6.45) is 0.600. The van der Waals surface area contributed by atoms with E-state index in [0.29, 0.717) is 19.6 Å². The maximum atomic E-state index is 10.9. The molecule has 0 aromatic carbocycles. The van der Waals surface area contributed by atoms with Crippen LogP contribution >= 0.6 is 0 Å². The minimum atomic E-state index is -0.903. The highest BCUT2D eigenvalue weighted by atomic mass is 16.7. The van der Waals surface area contributed by atoms with E-state index in [0.717, 1.165) is 0 Å². The van der Waals surface area contributed by atoms with Crippen LogP contribution in [0.15, 0.2) is 0 Å². The molecule has 0 unspecified atom stereocenters. The van der Waals surface area contributed by atoms with Crippen LogP contribution in [0.25, 0.3) is 0 Å². The summed E-state index contributed by atoms with van der Waals surface area (Å²) in [6, 6.07) is 0. The lowest BCUT2D eigenvalue weighted by atomic mass is 10.1. The van der Waals surface area contributed by atoms with E-state index in [1.807, 2.05) is 6.92 Å². The van der Waals surface area contributed by atoms with E-state index in [1.165, 1.54) is 6.92 Å². The molecule has 3 heteroatoms. The van der Waals surface area contributed by atoms with Crippen LogP contribution in [-0.2, 0) is 14.3 Å². The SMILES string of the molecule is CCC1(C(C)=O)OCCO1. The first-order valence-corrected chi connectivity index (χ1v) is 3.50. The third-order valence-electron chi connectivity index (χ3n) is 1.76. The Balaban J connectivity index is 2.67. The first-order valence-electron chi connectivity index (χ1n) is 3.50. The summed E-state index contributed by atoms with van der Waals surface area (Å²) in [6.45, 7) is 4.45. The predicted molar refractivity (Wildman–Crippen MR) is 35.6 cm³/mol. The van der Waals surface area contributed by atoms with Gasteiger partial charge in [-0.05, 0) is 0 Å². The van der Waals surface area contributed by atoms with Gasteiger partial charge < -0.3 is 9.47 Å². The number of ketones is 1. The van der Waals surface area contributed by atoms with Crippen molar-refractivity contribution in [3.8, 4) is 0 Å². The molecule has 0 bridgehead atoms. The van der Waals surface area contributed by atoms with Crippen LogP contribution < -0.4 is 0 Å². The Labute approximate surface area is 60.3 Å². The lowest BCUT2D eigenvalue weighted by Gasteiger charge is -2.21. The molecule has 58 valence electrons. The summed E-state index contributed by atoms with van der Waals surface area (Å²) in [4.78, 5) is 10.9. The highest BCUT2D eigenvalue weighted by Crippen LogP contribution is 2.23. The number of ether oxygens (including phenoxy) is 2. The van der Waals surface area contributed by atoms with Gasteiger partial charge >= 0.3 is 0 Å². The first kappa shape index (κ1) is 7.69. The third-order valence-corrected chi connectivity index (χ3v) is 1.76. The number of carbonyl (C=O) groups is 1. The molecule has 1 saturated heterocycles. The Kier molecular flexibility index (Phi) is 2.06. The Morgan fingerprint density at radius 1 is 1.50 bits per heavy atom. The van der Waals surface area contributed by atoms with E-state index in [2.05, 4.69) is 0 Å². The maximum absolute atomic E-state index is 10.9. The van der Waals surface area contributed by atoms with E-state index < -0.39 is 5.79 Å². The average Bonchev–Trinajstić information content (AvgIpc) is 2.35. The Hall–Kier alpha value is -0.410. The van der Waals surface area contributed by atoms with E-state index in [4.69, 9.17) is 9.47 Å². The van der Waals surface area contributed by atoms with E-state index >= 15 is 0 Å². The van der Waals surface area contributed by atoms with Crippen molar-refractivity contribution in [3.05, 3.63) is 0 Å². The van der Waals surface area contributed by atoms with Gasteiger partial charge in [-0.3, -0.25) is 4.79 Å². The highest BCUT2D eigenvalue weighted by Gasteiger charge is 2.39. The van der Waals surface area contributed by atoms with Crippen LogP contribution in [0, 0.1) is 0 Å². The zero-order valence-electron chi connectivity index (χ0n) is 6.35. The molecule has 0 N–H and O–H groups in total. The Morgan fingerprint density at radius 2 is 2.00 bits per heavy atom. The standard InChI is InChI=1S/C7H12O3/c1-3-7(6(2)8)9-4-5-10-7/h3-5H2,1-2H3. The van der Waals surface area contributed by atoms with Crippen molar-refractivity contribution >= 4 is 5.78 Å². The van der Waals surface area contributed by atoms with Crippen LogP contribution in [0.1, 0.15) is 20.3 Å². The summed E-state index contributed by atoms with van der Waals surface area (Å²) in [5.41, 5.74) is 0. The molecule has 0 spiro atoms. The first-order chi connectivity index (χ1) is 4.71. The van der Waals surface area contributed by atoms with Gasteiger partial charge in [0, 0.05) is 13.3 Å². The average molecular weight is 144 g/mol. The minimum Gasteiger partial charge on any atom is -0.341 e. The fraction of sp³-hybridized carbons (Fsp3) is 0.857. The normalized spacial score (nSPS) is 23.0. The van der Waals surface area contributed by atoms with Crippen molar-refractivity contribution in [1.29, 1.82) is 0 Å². The van der Waals surface area contributed by atoms with Crippen LogP contribution in [0.4, 0.5) is 0 Å². The van der Waals surface area contributed by atoms with Crippen LogP contribution in [-0.4, -0.2) is 24.8 Å². The molecule has 0 aromatic rings. The van der Waals surface area contributed by atoms with Crippen molar-refractivity contribution < 1.29 is 14.3 Å². The third kappa shape index (κ3) is 1.07. The summed E-state index contributed by atoms with van der Waals surface area (Å²) >= 11 is 0. The number of rotatable bonds is 2. The molecule has 0 radical (unpaired) electrons. The molecule has 0 aliphatic carbocycles. The topological polar surface area (TPSA) is 35.5 Å². The molecule has 0 aromatic heterocycles. The van der Waals surface area contributed by atoms with Gasteiger partial charge in [-0.1, -0.05) is 6.92 Å². The molecule has 1 aliphatic rings. The van der Waals surface area contributed by atoms with Gasteiger partial charge in [-0.2, -0.15) is 0 Å². The predicted octanol–water partition coefficient (Wildman–Crippen LogP) is 0.728. The summed E-state index contributed by atoms with van der Waals surface area (Å²) < 4.78 is 10.4. The van der Waals surface area contributed by atoms with E-state index in [9.17, 15) is 4.79 Å². The molecular weight excluding hydrogens is 132 g/mol. The molecule has 3 nitrogen and oxygen atoms in total. The van der Waals surface area contributed by atoms with E-state index in [1.54, 1.807) is 0 Å². The van der Waals surface area contributed by atoms with Crippen molar-refractivity contribution in [2.75, 3.05) is 13.2 Å². The van der Waals surface area contributed by atoms with Gasteiger partial charge in [0.1, 0.15) is 0 Å². The molecule has 1 aliphatic heterocycles. The lowest BCUT2D eigenvalue weighted by Crippen LogP contribution is -2.37. The molecule has 0 saturated carbocycles. The quantitative estimate of drug-likeness (QED) is 0.573. The summed E-state index contributed by atoms with van der Waals surface area (Å²) in [5, 5.41) is 0. The largest absolute Gasteiger partial charge is 0.341 e. The fourth-order valence-corrected chi connectivity index (χ4v) is 1.11. The second kappa shape index (κ2) is 2.68. The van der Waals surface area contributed by atoms with Crippen LogP contribution in [0.3, 0.4) is 0 Å². The monoisotopic (exact) mass is 144 g/mol. The number of Topliss-reactive ketones (excluding diaryl/α,β-unsaturated/α-hetero) is 1. The highest BCUT2D eigenvalue weighted by molar-refractivity contribution is 5.83. The van der Waals surface area contributed by atoms with Gasteiger partial charge in [0.25, 0.3) is 0 Å². The van der Waals surface area contributed by atoms with Gasteiger partial charge in [0.2, 0.25) is 5.79 Å². The number of carbonyl (C=O) groups excluding carboxylic acids is 1. The zero-order valence-corrected chi connectivity index (χ0v) is 6.35. The number of hydrogen-bond donors (Lipinski definition) is 0. The van der Waals surface area contributed by atoms with E-state index in [-0.39, 0.29) is 5.78 Å². The fourth-order valence-electron chi connectivity index (χ4n) is 1.11. The van der Waals surface area contributed by atoms with Gasteiger partial charge in [-0.25, -0.2) is 0 Å². The molecule has 1 fully saturated rings. The maximum Gasteiger partial charge on any atom is 0.228 e. The Morgan fingerprint density at radius 3 is 2.20 bits per heavy atom. The molecule has 1 rings (SSSR count). The van der Waals surface area contributed by atoms with Crippen LogP contribution in [0.2, 0.25) is 0 Å². The van der Waals surface area contributed by atoms with Crippen molar-refractivity contribution in [2.24, 2.45) is 0 Å². The molecular formula is C7H12O3. The molecule has 0 atom stereocenters. The molecule has 0 amide bonds. The van der Waals surface area contributed by atoms with Crippen LogP contribution in [0.5, 0.6) is 0 Å². The van der Waals surface area contributed by atoms with Gasteiger partial charge in [0.05, 0.1) is 13.2 Å². The van der Waals surface area contributed by atoms with Gasteiger partial charge in [0.15, 0.2) is 5.78 Å². The van der Waals surface area contributed by atoms with Gasteiger partial charge in [-0.15, -0.1) is 0 Å². The van der Waals surface area contributed by atoms with Crippen molar-refractivity contribution in [1.82, 2.24) is 0 Å². The zero-order chi connectivity index (χ0) is 7.61. The smallest absolute Gasteiger partial charge is 0.228 e. The lowest BCUT2D eigenvalue weighted by molar-refractivity contribution is -0.179. The van der Waals surface area contributed by atoms with Crippen molar-refractivity contribution in [3.63, 3.8) is 0 Å². The van der Waals surface area contributed by atoms with Crippen molar-refractivity contribution in [2.45, 2.75) is 26.1 Å². The second-order valence-electron chi connectivity index (χ2n) is 2.36. The Bertz CT molecular complexity index is 136. The summed E-state index contributed by atoms with van der Waals surface area (Å²) in [7, 11) is 0. The summed E-state index contributed by atoms with van der Waals surface area (Å²) in [5.74, 6) is -0.937. The molecule has 10 heavy (non-hydrogen) atoms. The second-order valence-corrected chi connectivity index (χ2v) is 2.36. The number of hydrogen-bond acceptors (Lipinski definition) is 3. The molecule has 1 heterocycles.